The molecule has 0 atom stereocenters. The van der Waals surface area contributed by atoms with Crippen LogP contribution in [0.1, 0.15) is 0 Å². The fraction of sp³-hybridized carbons (Fsp3) is 0. The number of hydrogen-bond acceptors (Lipinski definition) is 7. The molecule has 11 heteroatoms. The second kappa shape index (κ2) is 37.4. The van der Waals surface area contributed by atoms with Gasteiger partial charge >= 0.3 is 0 Å². The maximum atomic E-state index is 7.37. The van der Waals surface area contributed by atoms with Crippen LogP contribution < -0.4 is 92.5 Å². The largest absolute Gasteiger partial charge is 0.457 e. The molecule has 0 saturated carbocycles. The van der Waals surface area contributed by atoms with E-state index in [1.54, 1.807) is 0 Å². The van der Waals surface area contributed by atoms with Crippen molar-refractivity contribution in [1.29, 1.82) is 0 Å². The number of benzene rings is 19. The lowest BCUT2D eigenvalue weighted by atomic mass is 9.92. The van der Waals surface area contributed by atoms with Gasteiger partial charge in [0.25, 0.3) is 0 Å². The fourth-order valence-electron chi connectivity index (χ4n) is 21.5. The maximum absolute atomic E-state index is 7.37. The summed E-state index contributed by atoms with van der Waals surface area (Å²) in [6.07, 6.45) is 7.57. The molecule has 22 aromatic rings. The van der Waals surface area contributed by atoms with Crippen LogP contribution in [0.5, 0.6) is 23.0 Å². The van der Waals surface area contributed by atoms with Crippen molar-refractivity contribution in [2.45, 2.75) is 0 Å². The van der Waals surface area contributed by atoms with Crippen molar-refractivity contribution in [3.05, 3.63) is 553 Å². The average molecular weight is 1830 g/mol. The van der Waals surface area contributed by atoms with Gasteiger partial charge in [-0.15, -0.1) is 0 Å². The number of ether oxygens (including phenoxy) is 2. The summed E-state index contributed by atoms with van der Waals surface area (Å²) in [5.74, 6) is 5.41. The van der Waals surface area contributed by atoms with Gasteiger partial charge in [-0.05, 0) is 171 Å². The van der Waals surface area contributed by atoms with E-state index in [4.69, 9.17) is 24.4 Å². The highest BCUT2D eigenvalue weighted by molar-refractivity contribution is 7.22. The molecule has 0 spiro atoms. The Morgan fingerprint density at radius 1 is 0.174 bits per heavy atom. The zero-order valence-electron chi connectivity index (χ0n) is 75.6. The van der Waals surface area contributed by atoms with Crippen molar-refractivity contribution >= 4 is 115 Å². The molecular weight excluding hydrogens is 1740 g/mol. The first-order chi connectivity index (χ1) is 68.4. The van der Waals surface area contributed by atoms with Gasteiger partial charge < -0.3 is 9.47 Å². The molecule has 0 bridgehead atoms. The van der Waals surface area contributed by atoms with E-state index >= 15 is 0 Å². The average Bonchev–Trinajstić information content (AvgIpc) is 0.693. The zero-order valence-corrected chi connectivity index (χ0v) is 79.6. The predicted molar refractivity (Wildman–Crippen MR) is 580 cm³/mol. The van der Waals surface area contributed by atoms with Crippen molar-refractivity contribution in [1.82, 2.24) is 24.9 Å². The fourth-order valence-corrected chi connectivity index (χ4v) is 41.0. The minimum atomic E-state index is -3.06. The van der Waals surface area contributed by atoms with Crippen LogP contribution in [0.2, 0.25) is 0 Å². The van der Waals surface area contributed by atoms with E-state index in [1.165, 1.54) is 83.0 Å². The Hall–Kier alpha value is -17.0. The van der Waals surface area contributed by atoms with Gasteiger partial charge in [0.2, 0.25) is 0 Å². The number of fused-ring (bicyclic) bond motifs is 4. The van der Waals surface area contributed by atoms with E-state index in [0.29, 0.717) is 17.5 Å². The number of nitrogens with zero attached hydrogens (tertiary/aromatic N) is 5. The van der Waals surface area contributed by atoms with Gasteiger partial charge in [0.1, 0.15) is 23.0 Å². The third-order valence-electron chi connectivity index (χ3n) is 27.5. The van der Waals surface area contributed by atoms with Gasteiger partial charge in [-0.2, -0.15) is 0 Å². The maximum Gasteiger partial charge on any atom is 0.188 e. The molecule has 19 aromatic carbocycles. The summed E-state index contributed by atoms with van der Waals surface area (Å²) in [5.41, 5.74) is 13.4. The van der Waals surface area contributed by atoms with E-state index in [1.807, 2.05) is 55.1 Å². The summed E-state index contributed by atoms with van der Waals surface area (Å²) < 4.78 is 14.5. The standard InChI is InChI=1S/C64H46N2OSi2.C63H45N3OSi2/c1-6-23-54(24-7-1)68(55-25-8-2-9-26-55,56-27-10-3-11-28-56)59-43-52(51-40-49(47-21-19-37-65-45-47)39-50(41-51)48-22-20-38-66-46-48)42-53(44-59)60-33-18-36-63-64(60)67-61-34-16-17-35-62(61)69(63,57-29-12-4-13-30-57)58-31-14-5-15-32-58;1-7-24-46(25-8-1)61-64-62(66-63(65-61)49-28-22-39-55(45-49)68(50-29-9-2-10-30-50,51-31-11-3-12-32-51)52-33-13-4-14-34-52)48-27-21-26-47(44-48)56-40-23-43-59-60(56)67-57-41-19-20-42-58(57)69(59,53-35-15-5-16-36-53)54-37-17-6-18-38-54/h1-46H;1-45H. The molecular formula is C127H91N5O2Si4. The molecule has 0 amide bonds. The monoisotopic (exact) mass is 1830 g/mol. The minimum absolute atomic E-state index is 0.595. The third-order valence-corrected chi connectivity index (χ3v) is 46.7. The molecule has 652 valence electrons. The lowest BCUT2D eigenvalue weighted by Crippen LogP contribution is -2.76. The SMILES string of the molecule is c1ccc(-c2nc(-c3cccc(-c4cccc5c4Oc4ccccc4[Si]5(c4ccccc4)c4ccccc4)c3)nc(-c3cccc([Si](c4ccccc4)(c4ccccc4)c4ccccc4)c3)n2)cc1.c1ccc([Si](c2ccccc2)(c2ccccc2)c2cc(-c3cc(-c4cccnc4)cc(-c4cccnc4)c3)cc(-c3cccc4c3Oc3ccccc3[Si]4(c3ccccc3)c3ccccc3)c2)cc1. The molecule has 2 aliphatic rings. The number of hydrogen-bond donors (Lipinski definition) is 0. The van der Waals surface area contributed by atoms with Crippen LogP contribution in [-0.4, -0.2) is 57.2 Å². The molecule has 0 fully saturated rings. The van der Waals surface area contributed by atoms with Crippen LogP contribution in [0.15, 0.2) is 553 Å². The Morgan fingerprint density at radius 2 is 0.428 bits per heavy atom. The Bertz CT molecular complexity index is 7720. The van der Waals surface area contributed by atoms with Crippen molar-refractivity contribution in [2.75, 3.05) is 0 Å². The number of rotatable bonds is 20. The van der Waals surface area contributed by atoms with Crippen LogP contribution in [0.25, 0.3) is 89.8 Å². The van der Waals surface area contributed by atoms with Crippen LogP contribution in [0.3, 0.4) is 0 Å². The summed E-state index contributed by atoms with van der Waals surface area (Å²) >= 11 is 0. The smallest absolute Gasteiger partial charge is 0.188 e. The highest BCUT2D eigenvalue weighted by atomic mass is 28.3. The van der Waals surface area contributed by atoms with Crippen molar-refractivity contribution in [3.63, 3.8) is 0 Å². The van der Waals surface area contributed by atoms with Gasteiger partial charge in [-0.25, -0.2) is 15.0 Å². The number of pyridine rings is 2. The Kier molecular flexibility index (Phi) is 23.1. The first kappa shape index (κ1) is 85.2. The molecule has 5 heterocycles. The van der Waals surface area contributed by atoms with Crippen molar-refractivity contribution < 1.29 is 9.47 Å². The van der Waals surface area contributed by atoms with Gasteiger partial charge in [0.15, 0.2) is 49.8 Å². The topological polar surface area (TPSA) is 82.9 Å². The van der Waals surface area contributed by atoms with Gasteiger partial charge in [0.05, 0.1) is 0 Å². The van der Waals surface area contributed by atoms with Gasteiger partial charge in [0, 0.05) is 63.7 Å². The molecule has 0 unspecified atom stereocenters. The second-order valence-electron chi connectivity index (χ2n) is 35.1. The second-order valence-corrected chi connectivity index (χ2v) is 50.2. The molecule has 3 aromatic heterocycles. The lowest BCUT2D eigenvalue weighted by Gasteiger charge is -2.40. The normalized spacial score (nSPS) is 12.6. The van der Waals surface area contributed by atoms with Crippen molar-refractivity contribution in [3.8, 4) is 113 Å². The van der Waals surface area contributed by atoms with E-state index in [2.05, 4.69) is 507 Å². The van der Waals surface area contributed by atoms with Crippen molar-refractivity contribution in [2.24, 2.45) is 0 Å². The van der Waals surface area contributed by atoms with Crippen LogP contribution in [0, 0.1) is 0 Å². The number of para-hydroxylation sites is 4. The first-order valence-electron chi connectivity index (χ1n) is 46.9. The molecule has 0 saturated heterocycles. The van der Waals surface area contributed by atoms with Gasteiger partial charge in [-0.3, -0.25) is 9.97 Å². The van der Waals surface area contributed by atoms with Crippen LogP contribution in [-0.2, 0) is 0 Å². The highest BCUT2D eigenvalue weighted by Gasteiger charge is 2.51. The molecule has 2 aliphatic heterocycles. The Balaban J connectivity index is 0.000000155. The minimum Gasteiger partial charge on any atom is -0.457 e. The zero-order chi connectivity index (χ0) is 92.1. The summed E-state index contributed by atoms with van der Waals surface area (Å²) in [7, 11) is -11.7. The number of aromatic nitrogens is 5. The van der Waals surface area contributed by atoms with E-state index in [0.717, 1.165) is 95.3 Å². The molecule has 0 radical (unpaired) electrons. The molecule has 7 nitrogen and oxygen atoms in total. The highest BCUT2D eigenvalue weighted by Crippen LogP contribution is 2.43. The van der Waals surface area contributed by atoms with Crippen LogP contribution >= 0.6 is 0 Å². The van der Waals surface area contributed by atoms with E-state index in [9.17, 15) is 0 Å². The van der Waals surface area contributed by atoms with Gasteiger partial charge in [-0.1, -0.05) is 473 Å². The lowest BCUT2D eigenvalue weighted by molar-refractivity contribution is 0.488. The van der Waals surface area contributed by atoms with Crippen LogP contribution in [0.4, 0.5) is 0 Å². The molecule has 0 aliphatic carbocycles. The molecule has 24 rings (SSSR count). The first-order valence-corrected chi connectivity index (χ1v) is 54.9. The Labute approximate surface area is 808 Å². The summed E-state index contributed by atoms with van der Waals surface area (Å²) in [6, 6.07) is 192. The van der Waals surface area contributed by atoms with E-state index < -0.39 is 32.3 Å². The molecule has 138 heavy (non-hydrogen) atoms. The van der Waals surface area contributed by atoms with E-state index in [-0.39, 0.29) is 0 Å². The summed E-state index contributed by atoms with van der Waals surface area (Å²) in [6.45, 7) is 0. The Morgan fingerprint density at radius 3 is 0.819 bits per heavy atom. The third kappa shape index (κ3) is 15.3. The summed E-state index contributed by atoms with van der Waals surface area (Å²) in [5, 5.41) is 20.6. The molecule has 0 N–H and O–H groups in total. The quantitative estimate of drug-likeness (QED) is 0.0555. The summed E-state index contributed by atoms with van der Waals surface area (Å²) in [4.78, 5) is 25.0. The predicted octanol–water partition coefficient (Wildman–Crippen LogP) is 19.4.